The molecule has 0 spiro atoms. The normalized spacial score (nSPS) is 20.7. The van der Waals surface area contributed by atoms with E-state index in [1.165, 1.54) is 0 Å². The van der Waals surface area contributed by atoms with E-state index >= 15 is 0 Å². The van der Waals surface area contributed by atoms with Crippen LogP contribution < -0.4 is 9.47 Å². The first-order chi connectivity index (χ1) is 11.1. The van der Waals surface area contributed by atoms with Gasteiger partial charge < -0.3 is 14.2 Å². The van der Waals surface area contributed by atoms with E-state index in [9.17, 15) is 4.79 Å². The van der Waals surface area contributed by atoms with Crippen LogP contribution in [0, 0.1) is 0 Å². The number of hydrogen-bond acceptors (Lipinski definition) is 4. The first-order valence-electron chi connectivity index (χ1n) is 7.82. The van der Waals surface area contributed by atoms with Gasteiger partial charge in [0.2, 0.25) is 0 Å². The molecule has 0 fully saturated rings. The van der Waals surface area contributed by atoms with Crippen LogP contribution in [0.1, 0.15) is 31.7 Å². The van der Waals surface area contributed by atoms with E-state index in [1.54, 1.807) is 26.4 Å². The Morgan fingerprint density at radius 1 is 1.26 bits per heavy atom. The molecule has 0 N–H and O–H groups in total. The smallest absolute Gasteiger partial charge is 0.169 e. The number of hydrogen-bond donors (Lipinski definition) is 0. The van der Waals surface area contributed by atoms with Gasteiger partial charge in [-0.2, -0.15) is 0 Å². The van der Waals surface area contributed by atoms with Crippen molar-refractivity contribution >= 4 is 5.78 Å². The summed E-state index contributed by atoms with van der Waals surface area (Å²) in [6, 6.07) is 5.66. The molecule has 0 aliphatic heterocycles. The molecule has 2 rings (SSSR count). The highest BCUT2D eigenvalue weighted by molar-refractivity contribution is 6.00. The number of allylic oxidation sites excluding steroid dienone is 3. The number of carbonyl (C=O) groups excluding carboxylic acids is 1. The maximum absolute atomic E-state index is 12.9. The average Bonchev–Trinajstić information content (AvgIpc) is 2.57. The van der Waals surface area contributed by atoms with Crippen LogP contribution in [0.25, 0.3) is 0 Å². The van der Waals surface area contributed by atoms with Gasteiger partial charge in [0.1, 0.15) is 0 Å². The van der Waals surface area contributed by atoms with Crippen molar-refractivity contribution in [3.8, 4) is 11.5 Å². The van der Waals surface area contributed by atoms with Gasteiger partial charge in [0.15, 0.2) is 17.3 Å². The van der Waals surface area contributed by atoms with Gasteiger partial charge in [-0.05, 0) is 37.5 Å². The van der Waals surface area contributed by atoms with Gasteiger partial charge in [0.25, 0.3) is 0 Å². The lowest BCUT2D eigenvalue weighted by atomic mass is 9.68. The van der Waals surface area contributed by atoms with Crippen LogP contribution in [0.4, 0.5) is 0 Å². The Balaban J connectivity index is 2.46. The van der Waals surface area contributed by atoms with Crippen LogP contribution in [0.15, 0.2) is 42.7 Å². The number of ether oxygens (including phenoxy) is 3. The Hall–Kier alpha value is -2.23. The number of benzene rings is 1. The molecule has 0 unspecified atom stereocenters. The molecule has 1 aromatic carbocycles. The zero-order valence-electron chi connectivity index (χ0n) is 14.1. The molecule has 23 heavy (non-hydrogen) atoms. The maximum Gasteiger partial charge on any atom is 0.169 e. The topological polar surface area (TPSA) is 44.8 Å². The Morgan fingerprint density at radius 2 is 2.00 bits per heavy atom. The monoisotopic (exact) mass is 316 g/mol. The molecule has 124 valence electrons. The zero-order chi connectivity index (χ0) is 16.9. The van der Waals surface area contributed by atoms with E-state index in [0.29, 0.717) is 30.9 Å². The first kappa shape index (κ1) is 17.1. The van der Waals surface area contributed by atoms with Crippen molar-refractivity contribution in [3.05, 3.63) is 48.3 Å². The lowest BCUT2D eigenvalue weighted by molar-refractivity contribution is -0.121. The van der Waals surface area contributed by atoms with E-state index in [-0.39, 0.29) is 5.78 Å². The second-order valence-electron chi connectivity index (χ2n) is 5.55. The second-order valence-corrected chi connectivity index (χ2v) is 5.55. The van der Waals surface area contributed by atoms with Gasteiger partial charge in [-0.15, -0.1) is 6.58 Å². The molecular weight excluding hydrogens is 292 g/mol. The number of rotatable bonds is 7. The highest BCUT2D eigenvalue weighted by atomic mass is 16.5. The minimum atomic E-state index is -0.609. The lowest BCUT2D eigenvalue weighted by Crippen LogP contribution is -2.37. The van der Waals surface area contributed by atoms with Crippen molar-refractivity contribution in [1.29, 1.82) is 0 Å². The average molecular weight is 316 g/mol. The summed E-state index contributed by atoms with van der Waals surface area (Å²) in [5.74, 6) is 2.09. The Kier molecular flexibility index (Phi) is 5.48. The standard InChI is InChI=1S/C19H24O4/c1-5-10-19(11-9-15(23-6-2)13-18(19)20)14-7-8-16(21-3)17(12-14)22-4/h5,7-8,12-13H,1,6,9-11H2,2-4H3/t19-/m1/s1. The third-order valence-corrected chi connectivity index (χ3v) is 4.32. The molecule has 0 heterocycles. The van der Waals surface area contributed by atoms with Crippen molar-refractivity contribution in [2.45, 2.75) is 31.6 Å². The first-order valence-corrected chi connectivity index (χ1v) is 7.82. The minimum Gasteiger partial charge on any atom is -0.498 e. The van der Waals surface area contributed by atoms with Crippen LogP contribution in [-0.2, 0) is 14.9 Å². The van der Waals surface area contributed by atoms with Gasteiger partial charge in [-0.25, -0.2) is 0 Å². The van der Waals surface area contributed by atoms with Gasteiger partial charge >= 0.3 is 0 Å². The SMILES string of the molecule is C=CC[C@]1(c2ccc(OC)c(OC)c2)CCC(OCC)=CC1=O. The molecule has 4 nitrogen and oxygen atoms in total. The third kappa shape index (κ3) is 3.26. The summed E-state index contributed by atoms with van der Waals surface area (Å²) in [6.07, 6.45) is 5.44. The van der Waals surface area contributed by atoms with E-state index in [1.807, 2.05) is 25.1 Å². The van der Waals surface area contributed by atoms with Crippen molar-refractivity contribution in [1.82, 2.24) is 0 Å². The molecule has 0 aromatic heterocycles. The summed E-state index contributed by atoms with van der Waals surface area (Å²) < 4.78 is 16.2. The van der Waals surface area contributed by atoms with E-state index < -0.39 is 5.41 Å². The van der Waals surface area contributed by atoms with Gasteiger partial charge in [0.05, 0.1) is 32.0 Å². The van der Waals surface area contributed by atoms with Crippen LogP contribution >= 0.6 is 0 Å². The minimum absolute atomic E-state index is 0.0549. The van der Waals surface area contributed by atoms with Crippen LogP contribution in [0.3, 0.4) is 0 Å². The Labute approximate surface area is 137 Å². The van der Waals surface area contributed by atoms with Crippen LogP contribution in [-0.4, -0.2) is 26.6 Å². The predicted molar refractivity (Wildman–Crippen MR) is 90.0 cm³/mol. The molecular formula is C19H24O4. The van der Waals surface area contributed by atoms with Crippen molar-refractivity contribution in [2.24, 2.45) is 0 Å². The molecule has 1 aliphatic carbocycles. The Bertz CT molecular complexity index is 618. The molecule has 0 saturated heterocycles. The molecule has 1 aromatic rings. The van der Waals surface area contributed by atoms with Crippen molar-refractivity contribution < 1.29 is 19.0 Å². The fraction of sp³-hybridized carbons (Fsp3) is 0.421. The molecule has 1 atom stereocenters. The fourth-order valence-corrected chi connectivity index (χ4v) is 3.10. The summed E-state index contributed by atoms with van der Waals surface area (Å²) in [6.45, 7) is 6.33. The lowest BCUT2D eigenvalue weighted by Gasteiger charge is -2.35. The molecule has 0 bridgehead atoms. The summed E-state index contributed by atoms with van der Waals surface area (Å²) in [5, 5.41) is 0. The summed E-state index contributed by atoms with van der Waals surface area (Å²) in [4.78, 5) is 12.9. The molecule has 1 aliphatic rings. The highest BCUT2D eigenvalue weighted by Gasteiger charge is 2.41. The van der Waals surface area contributed by atoms with E-state index in [0.717, 1.165) is 17.7 Å². The highest BCUT2D eigenvalue weighted by Crippen LogP contribution is 2.42. The van der Waals surface area contributed by atoms with Gasteiger partial charge in [-0.1, -0.05) is 12.1 Å². The van der Waals surface area contributed by atoms with Gasteiger partial charge in [-0.3, -0.25) is 4.79 Å². The summed E-state index contributed by atoms with van der Waals surface area (Å²) in [7, 11) is 3.19. The zero-order valence-corrected chi connectivity index (χ0v) is 14.1. The summed E-state index contributed by atoms with van der Waals surface area (Å²) in [5.41, 5.74) is 0.314. The molecule has 0 amide bonds. The second kappa shape index (κ2) is 7.36. The quantitative estimate of drug-likeness (QED) is 0.718. The van der Waals surface area contributed by atoms with Crippen molar-refractivity contribution in [3.63, 3.8) is 0 Å². The number of carbonyl (C=O) groups is 1. The fourth-order valence-electron chi connectivity index (χ4n) is 3.10. The van der Waals surface area contributed by atoms with Gasteiger partial charge in [0, 0.05) is 12.5 Å². The van der Waals surface area contributed by atoms with Crippen molar-refractivity contribution in [2.75, 3.05) is 20.8 Å². The molecule has 4 heteroatoms. The largest absolute Gasteiger partial charge is 0.498 e. The van der Waals surface area contributed by atoms with Crippen LogP contribution in [0.5, 0.6) is 11.5 Å². The molecule has 0 saturated carbocycles. The predicted octanol–water partition coefficient (Wildman–Crippen LogP) is 3.80. The van der Waals surface area contributed by atoms with E-state index in [4.69, 9.17) is 14.2 Å². The van der Waals surface area contributed by atoms with Crippen LogP contribution in [0.2, 0.25) is 0 Å². The molecule has 0 radical (unpaired) electrons. The Morgan fingerprint density at radius 3 is 2.57 bits per heavy atom. The number of methoxy groups -OCH3 is 2. The maximum atomic E-state index is 12.9. The van der Waals surface area contributed by atoms with E-state index in [2.05, 4.69) is 6.58 Å². The summed E-state index contributed by atoms with van der Waals surface area (Å²) >= 11 is 0. The number of ketones is 1. The third-order valence-electron chi connectivity index (χ3n) is 4.32.